The van der Waals surface area contributed by atoms with Crippen LogP contribution in [0.1, 0.15) is 23.8 Å². The molecule has 7 nitrogen and oxygen atoms in total. The smallest absolute Gasteiger partial charge is 0.136 e. The molecule has 162 valence electrons. The van der Waals surface area contributed by atoms with Gasteiger partial charge in [0.05, 0.1) is 19.4 Å². The summed E-state index contributed by atoms with van der Waals surface area (Å²) >= 11 is 6.32. The number of ether oxygens (including phenoxy) is 1. The maximum atomic E-state index is 6.74. The number of fused-ring (bicyclic) bond motifs is 1. The Bertz CT molecular complexity index is 817. The lowest BCUT2D eigenvalue weighted by molar-refractivity contribution is 0.0372. The molecule has 1 saturated heterocycles. The third-order valence-electron chi connectivity index (χ3n) is 5.97. The Morgan fingerprint density at radius 1 is 1.07 bits per heavy atom. The maximum Gasteiger partial charge on any atom is 0.136 e. The van der Waals surface area contributed by atoms with Crippen LogP contribution in [-0.2, 0) is 11.2 Å². The fourth-order valence-electron chi connectivity index (χ4n) is 4.28. The monoisotopic (exact) mass is 430 g/mol. The van der Waals surface area contributed by atoms with E-state index in [2.05, 4.69) is 19.7 Å². The van der Waals surface area contributed by atoms with Crippen LogP contribution in [-0.4, -0.2) is 67.0 Å². The van der Waals surface area contributed by atoms with Crippen molar-refractivity contribution in [1.82, 2.24) is 14.8 Å². The molecule has 1 aromatic heterocycles. The van der Waals surface area contributed by atoms with Gasteiger partial charge in [0, 0.05) is 67.3 Å². The molecular formula is C22H31ClN6O. The molecule has 0 saturated carbocycles. The van der Waals surface area contributed by atoms with E-state index >= 15 is 0 Å². The van der Waals surface area contributed by atoms with Gasteiger partial charge in [-0.15, -0.1) is 0 Å². The van der Waals surface area contributed by atoms with Crippen molar-refractivity contribution in [3.8, 4) is 0 Å². The summed E-state index contributed by atoms with van der Waals surface area (Å²) < 4.78 is 5.45. The van der Waals surface area contributed by atoms with Crippen molar-refractivity contribution in [3.63, 3.8) is 0 Å². The third-order valence-corrected chi connectivity index (χ3v) is 6.20. The summed E-state index contributed by atoms with van der Waals surface area (Å²) in [5.41, 5.74) is 16.5. The van der Waals surface area contributed by atoms with E-state index in [1.165, 1.54) is 0 Å². The Morgan fingerprint density at radius 3 is 2.67 bits per heavy atom. The minimum absolute atomic E-state index is 0.272. The molecule has 3 heterocycles. The zero-order valence-corrected chi connectivity index (χ0v) is 18.0. The Balaban J connectivity index is 1.48. The molecule has 2 unspecified atom stereocenters. The van der Waals surface area contributed by atoms with E-state index in [1.54, 1.807) is 0 Å². The first-order chi connectivity index (χ1) is 14.6. The fourth-order valence-corrected chi connectivity index (χ4v) is 4.45. The van der Waals surface area contributed by atoms with Crippen molar-refractivity contribution < 1.29 is 4.74 Å². The summed E-state index contributed by atoms with van der Waals surface area (Å²) in [5, 5.41) is 0.702. The summed E-state index contributed by atoms with van der Waals surface area (Å²) in [4.78, 5) is 11.3. The van der Waals surface area contributed by atoms with Crippen molar-refractivity contribution >= 4 is 17.3 Å². The molecule has 30 heavy (non-hydrogen) atoms. The second-order valence-corrected chi connectivity index (χ2v) is 8.31. The lowest BCUT2D eigenvalue weighted by atomic mass is 10.0. The van der Waals surface area contributed by atoms with Crippen LogP contribution in [0.3, 0.4) is 0 Å². The number of aromatic nitrogens is 1. The SMILES string of the molecule is NC1c2ccc(Cl)cc2N(CCCN2CCOCC2)C(N)N1CCc1ccccn1. The second-order valence-electron chi connectivity index (χ2n) is 7.87. The van der Waals surface area contributed by atoms with Crippen LogP contribution in [0, 0.1) is 0 Å². The van der Waals surface area contributed by atoms with E-state index < -0.39 is 0 Å². The summed E-state index contributed by atoms with van der Waals surface area (Å²) in [6.07, 6.45) is 3.06. The van der Waals surface area contributed by atoms with Crippen molar-refractivity contribution in [3.05, 3.63) is 58.9 Å². The Hall–Kier alpha value is -1.74. The van der Waals surface area contributed by atoms with Gasteiger partial charge in [-0.25, -0.2) is 0 Å². The first-order valence-corrected chi connectivity index (χ1v) is 11.0. The van der Waals surface area contributed by atoms with Gasteiger partial charge in [-0.1, -0.05) is 23.7 Å². The highest BCUT2D eigenvalue weighted by atomic mass is 35.5. The number of nitrogens with zero attached hydrogens (tertiary/aromatic N) is 4. The van der Waals surface area contributed by atoms with Crippen LogP contribution in [0.4, 0.5) is 5.69 Å². The quantitative estimate of drug-likeness (QED) is 0.695. The molecule has 2 aromatic rings. The van der Waals surface area contributed by atoms with Gasteiger partial charge in [0.2, 0.25) is 0 Å². The van der Waals surface area contributed by atoms with Crippen LogP contribution in [0.25, 0.3) is 0 Å². The average molecular weight is 431 g/mol. The summed E-state index contributed by atoms with van der Waals surface area (Å²) in [6.45, 7) is 6.24. The van der Waals surface area contributed by atoms with Gasteiger partial charge in [-0.3, -0.25) is 20.5 Å². The molecule has 8 heteroatoms. The van der Waals surface area contributed by atoms with Gasteiger partial charge in [0.15, 0.2) is 0 Å². The van der Waals surface area contributed by atoms with Crippen molar-refractivity contribution in [2.75, 3.05) is 50.8 Å². The molecule has 4 N–H and O–H groups in total. The number of anilines is 1. The molecule has 2 aliphatic rings. The van der Waals surface area contributed by atoms with Gasteiger partial charge in [0.25, 0.3) is 0 Å². The number of benzene rings is 1. The molecule has 0 radical (unpaired) electrons. The van der Waals surface area contributed by atoms with E-state index in [-0.39, 0.29) is 12.5 Å². The molecule has 2 aliphatic heterocycles. The molecule has 0 aliphatic carbocycles. The fraction of sp³-hybridized carbons (Fsp3) is 0.500. The summed E-state index contributed by atoms with van der Waals surface area (Å²) in [7, 11) is 0. The number of rotatable bonds is 7. The lowest BCUT2D eigenvalue weighted by Crippen LogP contribution is -2.61. The number of pyridine rings is 1. The molecule has 4 rings (SSSR count). The van der Waals surface area contributed by atoms with Crippen LogP contribution in [0.15, 0.2) is 42.6 Å². The number of halogens is 1. The van der Waals surface area contributed by atoms with Crippen LogP contribution < -0.4 is 16.4 Å². The summed E-state index contributed by atoms with van der Waals surface area (Å²) in [6, 6.07) is 11.9. The highest BCUT2D eigenvalue weighted by Gasteiger charge is 2.35. The maximum absolute atomic E-state index is 6.74. The average Bonchev–Trinajstić information content (AvgIpc) is 2.77. The Morgan fingerprint density at radius 2 is 1.90 bits per heavy atom. The van der Waals surface area contributed by atoms with Gasteiger partial charge in [-0.05, 0) is 30.7 Å². The molecule has 1 aromatic carbocycles. The number of morpholine rings is 1. The highest BCUT2D eigenvalue weighted by molar-refractivity contribution is 6.30. The first kappa shape index (κ1) is 21.5. The Kier molecular flexibility index (Phi) is 7.20. The van der Waals surface area contributed by atoms with Crippen LogP contribution in [0.5, 0.6) is 0 Å². The van der Waals surface area contributed by atoms with E-state index in [1.807, 2.05) is 42.6 Å². The van der Waals surface area contributed by atoms with Crippen molar-refractivity contribution in [1.29, 1.82) is 0 Å². The molecule has 0 spiro atoms. The van der Waals surface area contributed by atoms with Crippen LogP contribution in [0.2, 0.25) is 5.02 Å². The minimum Gasteiger partial charge on any atom is -0.379 e. The largest absolute Gasteiger partial charge is 0.379 e. The lowest BCUT2D eigenvalue weighted by Gasteiger charge is -2.47. The minimum atomic E-state index is -0.306. The molecule has 1 fully saturated rings. The normalized spacial score (nSPS) is 22.8. The molecule has 0 amide bonds. The van der Waals surface area contributed by atoms with E-state index in [0.29, 0.717) is 5.02 Å². The summed E-state index contributed by atoms with van der Waals surface area (Å²) in [5.74, 6) is 0. The highest BCUT2D eigenvalue weighted by Crippen LogP contribution is 2.36. The number of hydrogen-bond acceptors (Lipinski definition) is 7. The van der Waals surface area contributed by atoms with Gasteiger partial charge < -0.3 is 15.4 Å². The topological polar surface area (TPSA) is 83.9 Å². The molecular weight excluding hydrogens is 400 g/mol. The zero-order valence-electron chi connectivity index (χ0n) is 17.3. The van der Waals surface area contributed by atoms with E-state index in [0.717, 1.165) is 75.7 Å². The predicted octanol–water partition coefficient (Wildman–Crippen LogP) is 2.02. The van der Waals surface area contributed by atoms with Gasteiger partial charge >= 0.3 is 0 Å². The van der Waals surface area contributed by atoms with E-state index in [9.17, 15) is 0 Å². The van der Waals surface area contributed by atoms with Gasteiger partial charge in [0.1, 0.15) is 6.29 Å². The van der Waals surface area contributed by atoms with Crippen molar-refractivity contribution in [2.45, 2.75) is 25.3 Å². The van der Waals surface area contributed by atoms with Crippen molar-refractivity contribution in [2.24, 2.45) is 11.5 Å². The third kappa shape index (κ3) is 4.94. The number of nitrogens with two attached hydrogens (primary N) is 2. The van der Waals surface area contributed by atoms with Crippen LogP contribution >= 0.6 is 11.6 Å². The predicted molar refractivity (Wildman–Crippen MR) is 120 cm³/mol. The van der Waals surface area contributed by atoms with Gasteiger partial charge in [-0.2, -0.15) is 0 Å². The molecule has 2 atom stereocenters. The zero-order chi connectivity index (χ0) is 20.9. The number of hydrogen-bond donors (Lipinski definition) is 2. The standard InChI is InChI=1S/C22H31ClN6O/c23-17-5-6-19-20(16-17)28(10-3-9-27-12-14-30-15-13-27)22(25)29(21(19)24)11-7-18-4-1-2-8-26-18/h1-2,4-6,8,16,21-22H,3,7,9-15,24-25H2. The second kappa shape index (κ2) is 10.0. The van der Waals surface area contributed by atoms with E-state index in [4.69, 9.17) is 27.8 Å². The Labute approximate surface area is 183 Å². The first-order valence-electron chi connectivity index (χ1n) is 10.7. The molecule has 0 bridgehead atoms.